The molecule has 0 amide bonds. The zero-order valence-corrected chi connectivity index (χ0v) is 11.0. The van der Waals surface area contributed by atoms with Crippen LogP contribution in [-0.4, -0.2) is 9.38 Å². The summed E-state index contributed by atoms with van der Waals surface area (Å²) in [6.07, 6.45) is 10.6. The fourth-order valence-electron chi connectivity index (χ4n) is 3.09. The third-order valence-corrected chi connectivity index (χ3v) is 4.18. The molecule has 1 fully saturated rings. The van der Waals surface area contributed by atoms with Gasteiger partial charge in [-0.1, -0.05) is 25.3 Å². The first-order chi connectivity index (χ1) is 8.75. The molecule has 2 aromatic rings. The third kappa shape index (κ3) is 2.03. The van der Waals surface area contributed by atoms with Gasteiger partial charge < -0.3 is 10.1 Å². The fraction of sp³-hybridized carbons (Fsp3) is 0.533. The number of nitrogens with zero attached hydrogens (tertiary/aromatic N) is 2. The van der Waals surface area contributed by atoms with Crippen LogP contribution in [0.1, 0.15) is 49.4 Å². The standard InChI is InChI=1S/C15H21N3/c1-11-7-8-14-17-9-13(18(14)10-11)15(16)12-5-3-2-4-6-12/h7-10,12,15H,2-6,16H2,1H3. The van der Waals surface area contributed by atoms with E-state index < -0.39 is 0 Å². The first kappa shape index (κ1) is 11.7. The Morgan fingerprint density at radius 1 is 1.28 bits per heavy atom. The van der Waals surface area contributed by atoms with E-state index in [0.29, 0.717) is 5.92 Å². The Morgan fingerprint density at radius 2 is 2.06 bits per heavy atom. The Bertz CT molecular complexity index is 538. The quantitative estimate of drug-likeness (QED) is 0.880. The average molecular weight is 243 g/mol. The number of aromatic nitrogens is 2. The van der Waals surface area contributed by atoms with Gasteiger partial charge in [0.15, 0.2) is 0 Å². The van der Waals surface area contributed by atoms with Crippen molar-refractivity contribution >= 4 is 5.65 Å². The van der Waals surface area contributed by atoms with Crippen LogP contribution in [0, 0.1) is 12.8 Å². The summed E-state index contributed by atoms with van der Waals surface area (Å²) in [5.74, 6) is 0.624. The molecule has 0 spiro atoms. The lowest BCUT2D eigenvalue weighted by atomic mass is 9.83. The molecule has 2 aromatic heterocycles. The van der Waals surface area contributed by atoms with Crippen molar-refractivity contribution in [1.29, 1.82) is 0 Å². The van der Waals surface area contributed by atoms with Crippen molar-refractivity contribution in [1.82, 2.24) is 9.38 Å². The molecule has 18 heavy (non-hydrogen) atoms. The summed E-state index contributed by atoms with van der Waals surface area (Å²) in [6, 6.07) is 4.28. The van der Waals surface area contributed by atoms with E-state index >= 15 is 0 Å². The van der Waals surface area contributed by atoms with Gasteiger partial charge in [0.2, 0.25) is 0 Å². The Morgan fingerprint density at radius 3 is 2.83 bits per heavy atom. The second-order valence-electron chi connectivity index (χ2n) is 5.54. The van der Waals surface area contributed by atoms with Crippen molar-refractivity contribution < 1.29 is 0 Å². The van der Waals surface area contributed by atoms with E-state index in [4.69, 9.17) is 5.73 Å². The van der Waals surface area contributed by atoms with E-state index in [9.17, 15) is 0 Å². The Labute approximate surface area is 108 Å². The van der Waals surface area contributed by atoms with Crippen LogP contribution in [0.4, 0.5) is 0 Å². The molecule has 0 saturated heterocycles. The first-order valence-corrected chi connectivity index (χ1v) is 6.95. The first-order valence-electron chi connectivity index (χ1n) is 6.95. The van der Waals surface area contributed by atoms with Gasteiger partial charge in [0.25, 0.3) is 0 Å². The van der Waals surface area contributed by atoms with Gasteiger partial charge in [-0.15, -0.1) is 0 Å². The van der Waals surface area contributed by atoms with Crippen molar-refractivity contribution in [3.8, 4) is 0 Å². The molecule has 96 valence electrons. The van der Waals surface area contributed by atoms with Crippen LogP contribution in [-0.2, 0) is 0 Å². The molecule has 1 unspecified atom stereocenters. The summed E-state index contributed by atoms with van der Waals surface area (Å²) in [5.41, 5.74) is 9.89. The zero-order valence-electron chi connectivity index (χ0n) is 11.0. The molecule has 1 atom stereocenters. The van der Waals surface area contributed by atoms with Crippen molar-refractivity contribution in [2.75, 3.05) is 0 Å². The molecule has 1 aliphatic rings. The highest BCUT2D eigenvalue weighted by Crippen LogP contribution is 2.33. The molecular formula is C15H21N3. The van der Waals surface area contributed by atoms with E-state index in [1.807, 2.05) is 6.20 Å². The van der Waals surface area contributed by atoms with Crippen molar-refractivity contribution in [3.63, 3.8) is 0 Å². The zero-order chi connectivity index (χ0) is 12.5. The Kier molecular flexibility index (Phi) is 3.08. The van der Waals surface area contributed by atoms with Gasteiger partial charge in [0, 0.05) is 12.2 Å². The molecule has 0 aliphatic heterocycles. The molecule has 0 bridgehead atoms. The molecule has 3 nitrogen and oxygen atoms in total. The maximum Gasteiger partial charge on any atom is 0.136 e. The van der Waals surface area contributed by atoms with Gasteiger partial charge in [0.1, 0.15) is 5.65 Å². The number of rotatable bonds is 2. The summed E-state index contributed by atoms with van der Waals surface area (Å²) in [4.78, 5) is 4.46. The minimum atomic E-state index is 0.127. The number of fused-ring (bicyclic) bond motifs is 1. The van der Waals surface area contributed by atoms with Gasteiger partial charge >= 0.3 is 0 Å². The monoisotopic (exact) mass is 243 g/mol. The number of aryl methyl sites for hydroxylation is 1. The van der Waals surface area contributed by atoms with Crippen molar-refractivity contribution in [2.45, 2.75) is 45.1 Å². The van der Waals surface area contributed by atoms with Crippen LogP contribution < -0.4 is 5.73 Å². The average Bonchev–Trinajstić information content (AvgIpc) is 2.82. The van der Waals surface area contributed by atoms with Gasteiger partial charge in [-0.05, 0) is 37.3 Å². The molecule has 2 N–H and O–H groups in total. The number of pyridine rings is 1. The molecular weight excluding hydrogens is 222 g/mol. The van der Waals surface area contributed by atoms with E-state index in [-0.39, 0.29) is 6.04 Å². The van der Waals surface area contributed by atoms with E-state index in [1.165, 1.54) is 43.4 Å². The molecule has 2 heterocycles. The van der Waals surface area contributed by atoms with Crippen LogP contribution >= 0.6 is 0 Å². The summed E-state index contributed by atoms with van der Waals surface area (Å²) in [7, 11) is 0. The van der Waals surface area contributed by atoms with Crippen LogP contribution in [0.2, 0.25) is 0 Å². The molecule has 0 radical (unpaired) electrons. The number of imidazole rings is 1. The highest BCUT2D eigenvalue weighted by atomic mass is 15.0. The molecule has 3 rings (SSSR count). The van der Waals surface area contributed by atoms with Gasteiger partial charge in [-0.3, -0.25) is 0 Å². The van der Waals surface area contributed by atoms with E-state index in [2.05, 4.69) is 34.6 Å². The van der Waals surface area contributed by atoms with Gasteiger partial charge in [-0.2, -0.15) is 0 Å². The maximum atomic E-state index is 6.47. The van der Waals surface area contributed by atoms with Crippen LogP contribution in [0.5, 0.6) is 0 Å². The van der Waals surface area contributed by atoms with Crippen LogP contribution in [0.3, 0.4) is 0 Å². The second-order valence-corrected chi connectivity index (χ2v) is 5.54. The van der Waals surface area contributed by atoms with E-state index in [0.717, 1.165) is 5.65 Å². The summed E-state index contributed by atoms with van der Waals surface area (Å²) < 4.78 is 2.16. The molecule has 0 aromatic carbocycles. The summed E-state index contributed by atoms with van der Waals surface area (Å²) in [6.45, 7) is 2.11. The predicted octanol–water partition coefficient (Wildman–Crippen LogP) is 3.22. The minimum Gasteiger partial charge on any atom is -0.322 e. The number of hydrogen-bond donors (Lipinski definition) is 1. The lowest BCUT2D eigenvalue weighted by Gasteiger charge is -2.27. The lowest BCUT2D eigenvalue weighted by molar-refractivity contribution is 0.304. The highest BCUT2D eigenvalue weighted by Gasteiger charge is 2.24. The fourth-order valence-corrected chi connectivity index (χ4v) is 3.09. The number of nitrogens with two attached hydrogens (primary N) is 1. The topological polar surface area (TPSA) is 43.3 Å². The SMILES string of the molecule is Cc1ccc2ncc(C(N)C3CCCCC3)n2c1. The van der Waals surface area contributed by atoms with Crippen molar-refractivity contribution in [2.24, 2.45) is 11.7 Å². The van der Waals surface area contributed by atoms with Crippen LogP contribution in [0.25, 0.3) is 5.65 Å². The third-order valence-electron chi connectivity index (χ3n) is 4.18. The second kappa shape index (κ2) is 4.73. The highest BCUT2D eigenvalue weighted by molar-refractivity contribution is 5.42. The smallest absolute Gasteiger partial charge is 0.136 e. The maximum absolute atomic E-state index is 6.47. The lowest BCUT2D eigenvalue weighted by Crippen LogP contribution is -2.24. The molecule has 1 saturated carbocycles. The Hall–Kier alpha value is -1.35. The minimum absolute atomic E-state index is 0.127. The summed E-state index contributed by atoms with van der Waals surface area (Å²) >= 11 is 0. The largest absolute Gasteiger partial charge is 0.322 e. The van der Waals surface area contributed by atoms with Crippen molar-refractivity contribution in [3.05, 3.63) is 35.8 Å². The van der Waals surface area contributed by atoms with Crippen LogP contribution in [0.15, 0.2) is 24.5 Å². The van der Waals surface area contributed by atoms with Gasteiger partial charge in [-0.25, -0.2) is 4.98 Å². The molecule has 3 heteroatoms. The Balaban J connectivity index is 1.95. The number of hydrogen-bond acceptors (Lipinski definition) is 2. The summed E-state index contributed by atoms with van der Waals surface area (Å²) in [5, 5.41) is 0. The van der Waals surface area contributed by atoms with Gasteiger partial charge in [0.05, 0.1) is 11.9 Å². The van der Waals surface area contributed by atoms with E-state index in [1.54, 1.807) is 0 Å². The molecule has 1 aliphatic carbocycles. The predicted molar refractivity (Wildman–Crippen MR) is 73.4 cm³/mol. The normalized spacial score (nSPS) is 19.2.